The molecule has 2 saturated heterocycles. The maximum Gasteiger partial charge on any atom is 0.318 e. The lowest BCUT2D eigenvalue weighted by molar-refractivity contribution is -0.152. The van der Waals surface area contributed by atoms with Gasteiger partial charge in [0.25, 0.3) is 11.8 Å². The number of esters is 2. The fourth-order valence-corrected chi connectivity index (χ4v) is 3.07. The molecule has 0 bridgehead atoms. The number of Topliss-reactive ketones (excluding diaryl/α,β-unsaturated/α-hetero) is 2. The molecule has 10 heteroatoms. The standard InChI is InChI=1S/C17H22N2O8/c1-3-26-16(24)10-8-18(14(22)12(10)20)6-5-7-19-9-11(13(21)15(19)23)17(25)27-4-2/h10-11H,3-9H2,1-2H3/t10-,11-/m0/s1. The molecule has 0 aromatic carbocycles. The van der Waals surface area contributed by atoms with Crippen LogP contribution in [-0.2, 0) is 38.2 Å². The normalized spacial score (nSPS) is 22.6. The first-order valence-electron chi connectivity index (χ1n) is 8.81. The Balaban J connectivity index is 1.86. The molecule has 2 atom stereocenters. The molecule has 27 heavy (non-hydrogen) atoms. The van der Waals surface area contributed by atoms with E-state index in [1.807, 2.05) is 0 Å². The van der Waals surface area contributed by atoms with Crippen molar-refractivity contribution in [2.45, 2.75) is 20.3 Å². The number of nitrogens with zero attached hydrogens (tertiary/aromatic N) is 2. The lowest BCUT2D eigenvalue weighted by atomic mass is 10.1. The minimum absolute atomic E-state index is 0.0607. The van der Waals surface area contributed by atoms with Gasteiger partial charge >= 0.3 is 11.9 Å². The zero-order chi connectivity index (χ0) is 20.1. The van der Waals surface area contributed by atoms with Gasteiger partial charge < -0.3 is 19.3 Å². The molecule has 0 spiro atoms. The van der Waals surface area contributed by atoms with Crippen molar-refractivity contribution >= 4 is 35.3 Å². The topological polar surface area (TPSA) is 127 Å². The number of rotatable bonds is 8. The minimum atomic E-state index is -1.12. The first-order chi connectivity index (χ1) is 12.8. The summed E-state index contributed by atoms with van der Waals surface area (Å²) in [6, 6.07) is 0. The molecule has 0 N–H and O–H groups in total. The zero-order valence-corrected chi connectivity index (χ0v) is 15.3. The first kappa shape index (κ1) is 20.5. The largest absolute Gasteiger partial charge is 0.465 e. The van der Waals surface area contributed by atoms with Gasteiger partial charge in [0, 0.05) is 26.2 Å². The summed E-state index contributed by atoms with van der Waals surface area (Å²) in [5.74, 6) is -6.83. The summed E-state index contributed by atoms with van der Waals surface area (Å²) >= 11 is 0. The molecule has 0 aliphatic carbocycles. The van der Waals surface area contributed by atoms with Crippen molar-refractivity contribution in [2.24, 2.45) is 11.8 Å². The third-order valence-corrected chi connectivity index (χ3v) is 4.43. The van der Waals surface area contributed by atoms with Crippen molar-refractivity contribution in [3.8, 4) is 0 Å². The Morgan fingerprint density at radius 2 is 1.19 bits per heavy atom. The molecule has 2 heterocycles. The van der Waals surface area contributed by atoms with Gasteiger partial charge in [-0.15, -0.1) is 0 Å². The van der Waals surface area contributed by atoms with Crippen LogP contribution in [0.25, 0.3) is 0 Å². The van der Waals surface area contributed by atoms with Crippen molar-refractivity contribution in [3.05, 3.63) is 0 Å². The van der Waals surface area contributed by atoms with Crippen LogP contribution in [-0.4, -0.2) is 84.5 Å². The maximum atomic E-state index is 12.0. The molecule has 0 aromatic rings. The van der Waals surface area contributed by atoms with Gasteiger partial charge in [0.1, 0.15) is 11.8 Å². The summed E-state index contributed by atoms with van der Waals surface area (Å²) in [4.78, 5) is 73.5. The summed E-state index contributed by atoms with van der Waals surface area (Å²) in [6.45, 7) is 3.60. The van der Waals surface area contributed by atoms with Crippen LogP contribution >= 0.6 is 0 Å². The van der Waals surface area contributed by atoms with E-state index in [2.05, 4.69) is 0 Å². The fraction of sp³-hybridized carbons (Fsp3) is 0.647. The van der Waals surface area contributed by atoms with E-state index in [1.54, 1.807) is 13.8 Å². The van der Waals surface area contributed by atoms with Crippen molar-refractivity contribution in [1.82, 2.24) is 9.80 Å². The second-order valence-electron chi connectivity index (χ2n) is 6.19. The quantitative estimate of drug-likeness (QED) is 0.284. The van der Waals surface area contributed by atoms with Crippen LogP contribution in [0.5, 0.6) is 0 Å². The Kier molecular flexibility index (Phi) is 6.65. The number of carbonyl (C=O) groups excluding carboxylic acids is 6. The Morgan fingerprint density at radius 3 is 1.52 bits per heavy atom. The monoisotopic (exact) mass is 382 g/mol. The highest BCUT2D eigenvalue weighted by molar-refractivity contribution is 6.42. The first-order valence-corrected chi connectivity index (χ1v) is 8.81. The van der Waals surface area contributed by atoms with Crippen molar-refractivity contribution in [2.75, 3.05) is 39.4 Å². The number of amides is 2. The van der Waals surface area contributed by atoms with Crippen LogP contribution in [0.15, 0.2) is 0 Å². The van der Waals surface area contributed by atoms with Gasteiger partial charge in [-0.1, -0.05) is 0 Å². The second-order valence-corrected chi connectivity index (χ2v) is 6.19. The third kappa shape index (κ3) is 4.32. The van der Waals surface area contributed by atoms with E-state index in [4.69, 9.17) is 9.47 Å². The number of hydrogen-bond acceptors (Lipinski definition) is 8. The van der Waals surface area contributed by atoms with Gasteiger partial charge in [0.15, 0.2) is 0 Å². The number of carbonyl (C=O) groups is 6. The Morgan fingerprint density at radius 1 is 0.815 bits per heavy atom. The zero-order valence-electron chi connectivity index (χ0n) is 15.3. The molecule has 148 valence electrons. The summed E-state index contributed by atoms with van der Waals surface area (Å²) in [5.41, 5.74) is 0. The maximum absolute atomic E-state index is 12.0. The van der Waals surface area contributed by atoms with Crippen molar-refractivity contribution in [3.63, 3.8) is 0 Å². The molecule has 0 radical (unpaired) electrons. The van der Waals surface area contributed by atoms with E-state index in [0.717, 1.165) is 0 Å². The van der Waals surface area contributed by atoms with E-state index in [0.29, 0.717) is 6.42 Å². The highest BCUT2D eigenvalue weighted by Gasteiger charge is 2.45. The lowest BCUT2D eigenvalue weighted by Gasteiger charge is -2.19. The van der Waals surface area contributed by atoms with Crippen molar-refractivity contribution < 1.29 is 38.2 Å². The van der Waals surface area contributed by atoms with Crippen molar-refractivity contribution in [1.29, 1.82) is 0 Å². The highest BCUT2D eigenvalue weighted by Crippen LogP contribution is 2.19. The summed E-state index contributed by atoms with van der Waals surface area (Å²) in [7, 11) is 0. The van der Waals surface area contributed by atoms with Crippen LogP contribution in [0.2, 0.25) is 0 Å². The molecule has 2 fully saturated rings. The number of ketones is 2. The van der Waals surface area contributed by atoms with Gasteiger partial charge in [-0.3, -0.25) is 28.8 Å². The van der Waals surface area contributed by atoms with Crippen LogP contribution in [0.4, 0.5) is 0 Å². The summed E-state index contributed by atoms with van der Waals surface area (Å²) < 4.78 is 9.57. The Labute approximate surface area is 155 Å². The Hall–Kier alpha value is -2.78. The van der Waals surface area contributed by atoms with E-state index in [-0.39, 0.29) is 39.4 Å². The van der Waals surface area contributed by atoms with E-state index < -0.39 is 47.2 Å². The van der Waals surface area contributed by atoms with Crippen LogP contribution in [0.1, 0.15) is 20.3 Å². The molecule has 0 aromatic heterocycles. The Bertz CT molecular complexity index is 618. The number of likely N-dealkylation sites (tertiary alicyclic amines) is 2. The van der Waals surface area contributed by atoms with Gasteiger partial charge in [-0.05, 0) is 20.3 Å². The van der Waals surface area contributed by atoms with Gasteiger partial charge in [0.2, 0.25) is 11.6 Å². The van der Waals surface area contributed by atoms with E-state index in [1.165, 1.54) is 9.80 Å². The van der Waals surface area contributed by atoms with E-state index >= 15 is 0 Å². The molecule has 2 aliphatic heterocycles. The predicted octanol–water partition coefficient (Wildman–Crippen LogP) is -1.44. The molecular formula is C17H22N2O8. The average Bonchev–Trinajstić information content (AvgIpc) is 3.07. The average molecular weight is 382 g/mol. The van der Waals surface area contributed by atoms with Gasteiger partial charge in [-0.25, -0.2) is 0 Å². The van der Waals surface area contributed by atoms with Crippen LogP contribution < -0.4 is 0 Å². The fourth-order valence-electron chi connectivity index (χ4n) is 3.07. The highest BCUT2D eigenvalue weighted by atomic mass is 16.5. The lowest BCUT2D eigenvalue weighted by Crippen LogP contribution is -2.33. The molecular weight excluding hydrogens is 360 g/mol. The molecule has 2 rings (SSSR count). The molecule has 10 nitrogen and oxygen atoms in total. The van der Waals surface area contributed by atoms with Crippen LogP contribution in [0.3, 0.4) is 0 Å². The molecule has 0 saturated carbocycles. The molecule has 0 unspecified atom stereocenters. The van der Waals surface area contributed by atoms with E-state index in [9.17, 15) is 28.8 Å². The number of ether oxygens (including phenoxy) is 2. The number of hydrogen-bond donors (Lipinski definition) is 0. The second kappa shape index (κ2) is 8.74. The van der Waals surface area contributed by atoms with Gasteiger partial charge in [-0.2, -0.15) is 0 Å². The smallest absolute Gasteiger partial charge is 0.318 e. The molecule has 2 aliphatic rings. The third-order valence-electron chi connectivity index (χ3n) is 4.43. The molecule has 2 amide bonds. The van der Waals surface area contributed by atoms with Crippen LogP contribution in [0, 0.1) is 11.8 Å². The summed E-state index contributed by atoms with van der Waals surface area (Å²) in [6.07, 6.45) is 0.295. The predicted molar refractivity (Wildman–Crippen MR) is 88.0 cm³/mol. The SMILES string of the molecule is CCOC(=O)[C@H]1CN(CCCN2C[C@H](C(=O)OCC)C(=O)C2=O)C(=O)C1=O. The summed E-state index contributed by atoms with van der Waals surface area (Å²) in [5, 5.41) is 0. The minimum Gasteiger partial charge on any atom is -0.465 e. The van der Waals surface area contributed by atoms with Gasteiger partial charge in [0.05, 0.1) is 13.2 Å².